The van der Waals surface area contributed by atoms with Crippen LogP contribution in [0.15, 0.2) is 16.9 Å². The van der Waals surface area contributed by atoms with E-state index in [-0.39, 0.29) is 24.5 Å². The zero-order valence-corrected chi connectivity index (χ0v) is 8.60. The highest BCUT2D eigenvalue weighted by Gasteiger charge is 2.04. The standard InChI is InChI=1S/C9H12N2O4/c1-14-7-3-4-8(12)11(10-7)6-5-9(13)15-2/h3-4H,5-6H2,1-2H3. The SMILES string of the molecule is COC(=O)CCn1nc(OC)ccc1=O. The quantitative estimate of drug-likeness (QED) is 0.647. The molecule has 0 aliphatic rings. The van der Waals surface area contributed by atoms with Crippen LogP contribution in [0.2, 0.25) is 0 Å². The number of aryl methyl sites for hydroxylation is 1. The fraction of sp³-hybridized carbons (Fsp3) is 0.444. The maximum atomic E-state index is 11.3. The van der Waals surface area contributed by atoms with Crippen LogP contribution in [0.1, 0.15) is 6.42 Å². The summed E-state index contributed by atoms with van der Waals surface area (Å²) >= 11 is 0. The first-order valence-electron chi connectivity index (χ1n) is 4.36. The summed E-state index contributed by atoms with van der Waals surface area (Å²) in [5.41, 5.74) is -0.278. The maximum Gasteiger partial charge on any atom is 0.307 e. The average Bonchev–Trinajstić information content (AvgIpc) is 2.27. The normalized spacial score (nSPS) is 9.73. The number of carbonyl (C=O) groups is 1. The molecule has 1 heterocycles. The lowest BCUT2D eigenvalue weighted by Gasteiger charge is -2.04. The van der Waals surface area contributed by atoms with Crippen LogP contribution in [-0.4, -0.2) is 30.0 Å². The number of hydrogen-bond donors (Lipinski definition) is 0. The number of hydrogen-bond acceptors (Lipinski definition) is 5. The van der Waals surface area contributed by atoms with E-state index in [0.717, 1.165) is 4.68 Å². The van der Waals surface area contributed by atoms with Gasteiger partial charge in [-0.05, 0) is 0 Å². The Kier molecular flexibility index (Phi) is 3.84. The molecule has 0 atom stereocenters. The largest absolute Gasteiger partial charge is 0.480 e. The average molecular weight is 212 g/mol. The summed E-state index contributed by atoms with van der Waals surface area (Å²) in [5, 5.41) is 3.87. The van der Waals surface area contributed by atoms with Gasteiger partial charge in [0.1, 0.15) is 0 Å². The van der Waals surface area contributed by atoms with E-state index >= 15 is 0 Å². The molecule has 0 bridgehead atoms. The third kappa shape index (κ3) is 3.08. The number of nitrogens with zero attached hydrogens (tertiary/aromatic N) is 2. The molecule has 0 saturated carbocycles. The van der Waals surface area contributed by atoms with Crippen LogP contribution in [0.25, 0.3) is 0 Å². The lowest BCUT2D eigenvalue weighted by molar-refractivity contribution is -0.140. The van der Waals surface area contributed by atoms with E-state index in [0.29, 0.717) is 5.88 Å². The Morgan fingerprint density at radius 2 is 2.20 bits per heavy atom. The molecule has 6 nitrogen and oxygen atoms in total. The zero-order valence-electron chi connectivity index (χ0n) is 8.60. The van der Waals surface area contributed by atoms with E-state index in [1.165, 1.54) is 26.4 Å². The van der Waals surface area contributed by atoms with Gasteiger partial charge in [-0.3, -0.25) is 9.59 Å². The molecular weight excluding hydrogens is 200 g/mol. The summed E-state index contributed by atoms with van der Waals surface area (Å²) in [6.45, 7) is 0.183. The van der Waals surface area contributed by atoms with Crippen molar-refractivity contribution in [1.29, 1.82) is 0 Å². The van der Waals surface area contributed by atoms with Gasteiger partial charge in [0, 0.05) is 12.1 Å². The van der Waals surface area contributed by atoms with Crippen molar-refractivity contribution in [3.05, 3.63) is 22.5 Å². The van der Waals surface area contributed by atoms with Crippen LogP contribution in [0.5, 0.6) is 5.88 Å². The Bertz CT molecular complexity index is 399. The Balaban J connectivity index is 2.75. The third-order valence-corrected chi connectivity index (χ3v) is 1.81. The summed E-state index contributed by atoms with van der Waals surface area (Å²) < 4.78 is 10.5. The van der Waals surface area contributed by atoms with Crippen LogP contribution >= 0.6 is 0 Å². The molecule has 15 heavy (non-hydrogen) atoms. The van der Waals surface area contributed by atoms with Gasteiger partial charge in [-0.15, -0.1) is 5.10 Å². The molecule has 0 spiro atoms. The molecule has 0 unspecified atom stereocenters. The van der Waals surface area contributed by atoms with Crippen molar-refractivity contribution in [2.24, 2.45) is 0 Å². The topological polar surface area (TPSA) is 70.4 Å². The minimum absolute atomic E-state index is 0.108. The summed E-state index contributed by atoms with van der Waals surface area (Å²) in [5.74, 6) is -0.0500. The number of methoxy groups -OCH3 is 2. The minimum Gasteiger partial charge on any atom is -0.480 e. The molecule has 1 aromatic rings. The van der Waals surface area contributed by atoms with E-state index in [4.69, 9.17) is 4.74 Å². The van der Waals surface area contributed by atoms with Crippen molar-refractivity contribution in [3.63, 3.8) is 0 Å². The van der Waals surface area contributed by atoms with Crippen molar-refractivity contribution in [2.45, 2.75) is 13.0 Å². The second-order valence-corrected chi connectivity index (χ2v) is 2.76. The first-order valence-corrected chi connectivity index (χ1v) is 4.36. The Morgan fingerprint density at radius 1 is 1.47 bits per heavy atom. The van der Waals surface area contributed by atoms with E-state index in [1.807, 2.05) is 0 Å². The Hall–Kier alpha value is -1.85. The lowest BCUT2D eigenvalue weighted by Crippen LogP contribution is -2.23. The van der Waals surface area contributed by atoms with Crippen molar-refractivity contribution in [2.75, 3.05) is 14.2 Å². The van der Waals surface area contributed by atoms with Gasteiger partial charge in [0.05, 0.1) is 27.2 Å². The number of carbonyl (C=O) groups excluding carboxylic acids is 1. The maximum absolute atomic E-state index is 11.3. The molecule has 0 aromatic carbocycles. The highest BCUT2D eigenvalue weighted by Crippen LogP contribution is 1.99. The molecule has 0 aliphatic carbocycles. The highest BCUT2D eigenvalue weighted by atomic mass is 16.5. The van der Waals surface area contributed by atoms with E-state index in [2.05, 4.69) is 9.84 Å². The molecule has 0 amide bonds. The van der Waals surface area contributed by atoms with Gasteiger partial charge in [-0.25, -0.2) is 4.68 Å². The van der Waals surface area contributed by atoms with Gasteiger partial charge in [-0.1, -0.05) is 0 Å². The number of rotatable bonds is 4. The van der Waals surface area contributed by atoms with Crippen LogP contribution in [0.4, 0.5) is 0 Å². The van der Waals surface area contributed by atoms with Crippen LogP contribution in [-0.2, 0) is 16.1 Å². The molecule has 6 heteroatoms. The molecule has 0 N–H and O–H groups in total. The molecule has 0 fully saturated rings. The molecule has 0 aliphatic heterocycles. The molecule has 82 valence electrons. The number of esters is 1. The fourth-order valence-electron chi connectivity index (χ4n) is 0.999. The van der Waals surface area contributed by atoms with Crippen LogP contribution in [0.3, 0.4) is 0 Å². The van der Waals surface area contributed by atoms with Crippen molar-refractivity contribution >= 4 is 5.97 Å². The first-order chi connectivity index (χ1) is 7.17. The highest BCUT2D eigenvalue weighted by molar-refractivity contribution is 5.68. The van der Waals surface area contributed by atoms with Gasteiger partial charge in [0.2, 0.25) is 5.88 Å². The smallest absolute Gasteiger partial charge is 0.307 e. The summed E-state index contributed by atoms with van der Waals surface area (Å²) in [6, 6.07) is 2.81. The van der Waals surface area contributed by atoms with Gasteiger partial charge in [-0.2, -0.15) is 0 Å². The molecular formula is C9H12N2O4. The molecule has 1 aromatic heterocycles. The molecule has 1 rings (SSSR count). The molecule has 0 saturated heterocycles. The van der Waals surface area contributed by atoms with Crippen molar-refractivity contribution in [3.8, 4) is 5.88 Å². The van der Waals surface area contributed by atoms with Gasteiger partial charge in [0.25, 0.3) is 5.56 Å². The lowest BCUT2D eigenvalue weighted by atomic mass is 10.4. The predicted molar refractivity (Wildman–Crippen MR) is 51.7 cm³/mol. The Morgan fingerprint density at radius 3 is 2.80 bits per heavy atom. The first kappa shape index (κ1) is 11.2. The second-order valence-electron chi connectivity index (χ2n) is 2.76. The minimum atomic E-state index is -0.383. The van der Waals surface area contributed by atoms with Crippen molar-refractivity contribution in [1.82, 2.24) is 9.78 Å². The zero-order chi connectivity index (χ0) is 11.3. The van der Waals surface area contributed by atoms with Gasteiger partial charge < -0.3 is 9.47 Å². The predicted octanol–water partition coefficient (Wildman–Crippen LogP) is -0.185. The summed E-state index contributed by atoms with van der Waals surface area (Å²) in [4.78, 5) is 22.1. The van der Waals surface area contributed by atoms with Crippen LogP contribution in [0, 0.1) is 0 Å². The second kappa shape index (κ2) is 5.14. The monoisotopic (exact) mass is 212 g/mol. The van der Waals surface area contributed by atoms with E-state index in [9.17, 15) is 9.59 Å². The summed E-state index contributed by atoms with van der Waals surface area (Å²) in [6.07, 6.45) is 0.108. The van der Waals surface area contributed by atoms with Crippen LogP contribution < -0.4 is 10.3 Å². The number of aromatic nitrogens is 2. The van der Waals surface area contributed by atoms with Gasteiger partial charge in [0.15, 0.2) is 0 Å². The third-order valence-electron chi connectivity index (χ3n) is 1.81. The van der Waals surface area contributed by atoms with Gasteiger partial charge >= 0.3 is 5.97 Å². The Labute approximate surface area is 86.4 Å². The molecule has 0 radical (unpaired) electrons. The van der Waals surface area contributed by atoms with Crippen molar-refractivity contribution < 1.29 is 14.3 Å². The number of ether oxygens (including phenoxy) is 2. The van der Waals surface area contributed by atoms with E-state index < -0.39 is 0 Å². The summed E-state index contributed by atoms with van der Waals surface area (Å²) in [7, 11) is 2.75. The van der Waals surface area contributed by atoms with E-state index in [1.54, 1.807) is 0 Å². The fourth-order valence-corrected chi connectivity index (χ4v) is 0.999.